The van der Waals surface area contributed by atoms with E-state index in [0.29, 0.717) is 23.8 Å². The van der Waals surface area contributed by atoms with Gasteiger partial charge in [-0.05, 0) is 13.8 Å². The first-order valence-electron chi connectivity index (χ1n) is 4.89. The lowest BCUT2D eigenvalue weighted by Crippen LogP contribution is -2.09. The molecule has 0 bridgehead atoms. The Morgan fingerprint density at radius 3 is 2.56 bits per heavy atom. The van der Waals surface area contributed by atoms with Gasteiger partial charge in [-0.15, -0.1) is 0 Å². The normalized spacial score (nSPS) is 11.2. The molecule has 5 nitrogen and oxygen atoms in total. The SMILES string of the molecule is CCNc1nc(C)c(OC)cc1S(C)(=O)=O. The molecule has 0 atom stereocenters. The van der Waals surface area contributed by atoms with Crippen molar-refractivity contribution in [3.8, 4) is 5.75 Å². The first-order valence-corrected chi connectivity index (χ1v) is 6.78. The van der Waals surface area contributed by atoms with Crippen molar-refractivity contribution in [2.24, 2.45) is 0 Å². The summed E-state index contributed by atoms with van der Waals surface area (Å²) in [5, 5.41) is 2.93. The van der Waals surface area contributed by atoms with Crippen LogP contribution in [-0.4, -0.2) is 33.3 Å². The predicted molar refractivity (Wildman–Crippen MR) is 62.8 cm³/mol. The second-order valence-electron chi connectivity index (χ2n) is 3.43. The van der Waals surface area contributed by atoms with Crippen LogP contribution < -0.4 is 10.1 Å². The number of anilines is 1. The van der Waals surface area contributed by atoms with Crippen molar-refractivity contribution in [3.63, 3.8) is 0 Å². The average molecular weight is 244 g/mol. The van der Waals surface area contributed by atoms with Gasteiger partial charge in [-0.25, -0.2) is 13.4 Å². The van der Waals surface area contributed by atoms with Gasteiger partial charge in [0.15, 0.2) is 9.84 Å². The van der Waals surface area contributed by atoms with Crippen LogP contribution in [0.3, 0.4) is 0 Å². The van der Waals surface area contributed by atoms with Crippen molar-refractivity contribution < 1.29 is 13.2 Å². The summed E-state index contributed by atoms with van der Waals surface area (Å²) in [6.45, 7) is 4.26. The van der Waals surface area contributed by atoms with Gasteiger partial charge in [0, 0.05) is 18.9 Å². The van der Waals surface area contributed by atoms with E-state index in [0.717, 1.165) is 6.26 Å². The van der Waals surface area contributed by atoms with E-state index in [1.165, 1.54) is 13.2 Å². The lowest BCUT2D eigenvalue weighted by molar-refractivity contribution is 0.408. The summed E-state index contributed by atoms with van der Waals surface area (Å²) in [4.78, 5) is 4.35. The van der Waals surface area contributed by atoms with Gasteiger partial charge >= 0.3 is 0 Å². The number of hydrogen-bond acceptors (Lipinski definition) is 5. The molecule has 0 unspecified atom stereocenters. The number of methoxy groups -OCH3 is 1. The Bertz CT molecular complexity index is 483. The van der Waals surface area contributed by atoms with E-state index in [-0.39, 0.29) is 4.90 Å². The molecule has 1 rings (SSSR count). The van der Waals surface area contributed by atoms with Crippen molar-refractivity contribution in [1.29, 1.82) is 0 Å². The number of nitrogens with one attached hydrogen (secondary N) is 1. The third-order valence-corrected chi connectivity index (χ3v) is 3.21. The molecule has 0 aliphatic carbocycles. The molecule has 16 heavy (non-hydrogen) atoms. The van der Waals surface area contributed by atoms with Crippen LogP contribution >= 0.6 is 0 Å². The molecule has 0 aliphatic rings. The number of sulfone groups is 1. The van der Waals surface area contributed by atoms with Crippen molar-refractivity contribution in [3.05, 3.63) is 11.8 Å². The molecule has 1 aromatic rings. The van der Waals surface area contributed by atoms with Crippen LogP contribution in [0.2, 0.25) is 0 Å². The smallest absolute Gasteiger partial charge is 0.179 e. The molecule has 0 amide bonds. The first-order chi connectivity index (χ1) is 7.40. The monoisotopic (exact) mass is 244 g/mol. The minimum atomic E-state index is -3.31. The molecule has 6 heteroatoms. The van der Waals surface area contributed by atoms with E-state index >= 15 is 0 Å². The fourth-order valence-electron chi connectivity index (χ4n) is 1.35. The summed E-state index contributed by atoms with van der Waals surface area (Å²) in [6.07, 6.45) is 1.15. The van der Waals surface area contributed by atoms with Gasteiger partial charge in [0.2, 0.25) is 0 Å². The summed E-state index contributed by atoms with van der Waals surface area (Å²) in [5.74, 6) is 0.852. The van der Waals surface area contributed by atoms with Crippen LogP contribution in [0.5, 0.6) is 5.75 Å². The molecule has 1 aromatic heterocycles. The molecule has 1 heterocycles. The Balaban J connectivity index is 3.43. The van der Waals surface area contributed by atoms with Crippen molar-refractivity contribution >= 4 is 15.7 Å². The van der Waals surface area contributed by atoms with Gasteiger partial charge in [0.1, 0.15) is 16.5 Å². The van der Waals surface area contributed by atoms with Gasteiger partial charge in [0.25, 0.3) is 0 Å². The van der Waals surface area contributed by atoms with Gasteiger partial charge < -0.3 is 10.1 Å². The van der Waals surface area contributed by atoms with Crippen LogP contribution in [0.4, 0.5) is 5.82 Å². The molecule has 1 N–H and O–H groups in total. The van der Waals surface area contributed by atoms with E-state index in [2.05, 4.69) is 10.3 Å². The highest BCUT2D eigenvalue weighted by Crippen LogP contribution is 2.26. The minimum Gasteiger partial charge on any atom is -0.495 e. The van der Waals surface area contributed by atoms with E-state index in [9.17, 15) is 8.42 Å². The van der Waals surface area contributed by atoms with Gasteiger partial charge in [-0.1, -0.05) is 0 Å². The van der Waals surface area contributed by atoms with Crippen LogP contribution in [0.15, 0.2) is 11.0 Å². The van der Waals surface area contributed by atoms with Crippen LogP contribution in [0.25, 0.3) is 0 Å². The molecule has 0 aromatic carbocycles. The molecule has 0 saturated heterocycles. The maximum absolute atomic E-state index is 11.6. The van der Waals surface area contributed by atoms with E-state index in [4.69, 9.17) is 4.74 Å². The Morgan fingerprint density at radius 1 is 1.50 bits per heavy atom. The number of hydrogen-bond donors (Lipinski definition) is 1. The molecule has 90 valence electrons. The standard InChI is InChI=1S/C10H16N2O3S/c1-5-11-10-9(16(4,13)14)6-8(15-3)7(2)12-10/h6H,5H2,1-4H3,(H,11,12). The fraction of sp³-hybridized carbons (Fsp3) is 0.500. The molecular formula is C10H16N2O3S. The lowest BCUT2D eigenvalue weighted by Gasteiger charge is -2.12. The number of aryl methyl sites for hydroxylation is 1. The van der Waals surface area contributed by atoms with Gasteiger partial charge in [-0.3, -0.25) is 0 Å². The van der Waals surface area contributed by atoms with E-state index < -0.39 is 9.84 Å². The summed E-state index contributed by atoms with van der Waals surface area (Å²) in [7, 11) is -1.82. The van der Waals surface area contributed by atoms with E-state index in [1.807, 2.05) is 6.92 Å². The van der Waals surface area contributed by atoms with Crippen molar-refractivity contribution in [2.45, 2.75) is 18.7 Å². The van der Waals surface area contributed by atoms with Crippen LogP contribution in [0.1, 0.15) is 12.6 Å². The zero-order valence-corrected chi connectivity index (χ0v) is 10.7. The zero-order chi connectivity index (χ0) is 12.3. The van der Waals surface area contributed by atoms with Gasteiger partial charge in [-0.2, -0.15) is 0 Å². The second-order valence-corrected chi connectivity index (χ2v) is 5.41. The first kappa shape index (κ1) is 12.8. The Hall–Kier alpha value is -1.30. The summed E-state index contributed by atoms with van der Waals surface area (Å²) in [6, 6.07) is 1.50. The fourth-order valence-corrected chi connectivity index (χ4v) is 2.14. The Labute approximate surface area is 95.8 Å². The van der Waals surface area contributed by atoms with Crippen molar-refractivity contribution in [1.82, 2.24) is 4.98 Å². The Morgan fingerprint density at radius 2 is 2.12 bits per heavy atom. The molecule has 0 radical (unpaired) electrons. The zero-order valence-electron chi connectivity index (χ0n) is 9.86. The van der Waals surface area contributed by atoms with Crippen LogP contribution in [0, 0.1) is 6.92 Å². The highest BCUT2D eigenvalue weighted by atomic mass is 32.2. The van der Waals surface area contributed by atoms with Gasteiger partial charge in [0.05, 0.1) is 12.8 Å². The topological polar surface area (TPSA) is 68.3 Å². The Kier molecular flexibility index (Phi) is 3.74. The number of nitrogens with zero attached hydrogens (tertiary/aromatic N) is 1. The third-order valence-electron chi connectivity index (χ3n) is 2.10. The summed E-state index contributed by atoms with van der Waals surface area (Å²) >= 11 is 0. The van der Waals surface area contributed by atoms with E-state index in [1.54, 1.807) is 6.92 Å². The number of rotatable bonds is 4. The van der Waals surface area contributed by atoms with Crippen molar-refractivity contribution in [2.75, 3.05) is 25.2 Å². The van der Waals surface area contributed by atoms with Crippen LogP contribution in [-0.2, 0) is 9.84 Å². The summed E-state index contributed by atoms with van der Waals surface area (Å²) < 4.78 is 28.2. The molecular weight excluding hydrogens is 228 g/mol. The number of pyridine rings is 1. The third kappa shape index (κ3) is 2.63. The predicted octanol–water partition coefficient (Wildman–Crippen LogP) is 1.23. The minimum absolute atomic E-state index is 0.164. The highest BCUT2D eigenvalue weighted by Gasteiger charge is 2.17. The highest BCUT2D eigenvalue weighted by molar-refractivity contribution is 7.90. The molecule has 0 saturated carbocycles. The largest absolute Gasteiger partial charge is 0.495 e. The average Bonchev–Trinajstić information content (AvgIpc) is 2.16. The number of ether oxygens (including phenoxy) is 1. The quantitative estimate of drug-likeness (QED) is 0.863. The lowest BCUT2D eigenvalue weighted by atomic mass is 10.3. The molecule has 0 fully saturated rings. The molecule has 0 spiro atoms. The number of aromatic nitrogens is 1. The summed E-state index contributed by atoms with van der Waals surface area (Å²) in [5.41, 5.74) is 0.658. The molecule has 0 aliphatic heterocycles. The second kappa shape index (κ2) is 4.69. The maximum Gasteiger partial charge on any atom is 0.179 e. The maximum atomic E-state index is 11.6.